The lowest BCUT2D eigenvalue weighted by molar-refractivity contribution is -0.147. The molecule has 0 saturated carbocycles. The lowest BCUT2D eigenvalue weighted by atomic mass is 9.94. The molecule has 1 saturated heterocycles. The van der Waals surface area contributed by atoms with Crippen LogP contribution in [0.2, 0.25) is 0 Å². The Hall–Kier alpha value is -1.63. The molecule has 0 aromatic rings. The summed E-state index contributed by atoms with van der Waals surface area (Å²) >= 11 is 0. The van der Waals surface area contributed by atoms with Crippen LogP contribution >= 0.6 is 0 Å². The second-order valence-electron chi connectivity index (χ2n) is 4.26. The molecule has 1 fully saturated rings. The smallest absolute Gasteiger partial charge is 0.317 e. The highest BCUT2D eigenvalue weighted by Crippen LogP contribution is 2.17. The van der Waals surface area contributed by atoms with Crippen molar-refractivity contribution >= 4 is 17.8 Å². The second-order valence-corrected chi connectivity index (χ2v) is 4.26. The highest BCUT2D eigenvalue weighted by atomic mass is 16.4. The Balaban J connectivity index is 2.65. The summed E-state index contributed by atoms with van der Waals surface area (Å²) in [4.78, 5) is 34.0. The van der Waals surface area contributed by atoms with Gasteiger partial charge in [0.15, 0.2) is 0 Å². The van der Waals surface area contributed by atoms with Crippen molar-refractivity contribution in [3.63, 3.8) is 0 Å². The summed E-state index contributed by atoms with van der Waals surface area (Å²) in [6, 6.07) is -0.304. The maximum Gasteiger partial charge on any atom is 0.317 e. The van der Waals surface area contributed by atoms with Crippen molar-refractivity contribution in [3.8, 4) is 0 Å². The van der Waals surface area contributed by atoms with Crippen LogP contribution in [0.5, 0.6) is 0 Å². The fraction of sp³-hybridized carbons (Fsp3) is 0.700. The molecule has 1 aliphatic heterocycles. The third-order valence-corrected chi connectivity index (χ3v) is 2.64. The first-order valence-corrected chi connectivity index (χ1v) is 5.32. The molecule has 0 aromatic carbocycles. The summed E-state index contributed by atoms with van der Waals surface area (Å²) < 4.78 is 0. The summed E-state index contributed by atoms with van der Waals surface area (Å²) in [5.41, 5.74) is 0. The minimum Gasteiger partial charge on any atom is -0.481 e. The van der Waals surface area contributed by atoms with Crippen LogP contribution in [0.4, 0.5) is 0 Å². The van der Waals surface area contributed by atoms with Gasteiger partial charge in [-0.05, 0) is 6.42 Å². The van der Waals surface area contributed by atoms with E-state index in [9.17, 15) is 14.4 Å². The Kier molecular flexibility index (Phi) is 4.45. The van der Waals surface area contributed by atoms with E-state index in [1.165, 1.54) is 11.8 Å². The summed E-state index contributed by atoms with van der Waals surface area (Å²) in [7, 11) is 0. The fourth-order valence-corrected chi connectivity index (χ4v) is 2.08. The van der Waals surface area contributed by atoms with Gasteiger partial charge in [0.05, 0.1) is 12.5 Å². The third-order valence-electron chi connectivity index (χ3n) is 2.64. The molecule has 1 amide bonds. The number of nitrogens with zero attached hydrogens (tertiary/aromatic N) is 1. The number of rotatable bonds is 4. The van der Waals surface area contributed by atoms with Crippen LogP contribution in [0.3, 0.4) is 0 Å². The first-order valence-electron chi connectivity index (χ1n) is 5.32. The van der Waals surface area contributed by atoms with E-state index >= 15 is 0 Å². The first-order chi connectivity index (χ1) is 7.88. The van der Waals surface area contributed by atoms with Gasteiger partial charge in [0.25, 0.3) is 0 Å². The molecule has 0 aliphatic carbocycles. The Morgan fingerprint density at radius 1 is 1.29 bits per heavy atom. The molecule has 2 atom stereocenters. The van der Waals surface area contributed by atoms with E-state index in [0.29, 0.717) is 13.0 Å². The number of hydrogen-bond donors (Lipinski definition) is 3. The first kappa shape index (κ1) is 13.4. The Bertz CT molecular complexity index is 307. The van der Waals surface area contributed by atoms with E-state index in [2.05, 4.69) is 5.32 Å². The van der Waals surface area contributed by atoms with Gasteiger partial charge in [0.1, 0.15) is 0 Å². The molecule has 1 rings (SSSR count). The molecule has 0 bridgehead atoms. The van der Waals surface area contributed by atoms with E-state index in [1.54, 1.807) is 0 Å². The largest absolute Gasteiger partial charge is 0.481 e. The molecule has 7 heteroatoms. The van der Waals surface area contributed by atoms with Crippen LogP contribution in [0, 0.1) is 5.92 Å². The van der Waals surface area contributed by atoms with Gasteiger partial charge in [-0.1, -0.05) is 0 Å². The fourth-order valence-electron chi connectivity index (χ4n) is 2.08. The normalized spacial score (nSPS) is 25.2. The number of nitrogens with one attached hydrogen (secondary N) is 1. The third kappa shape index (κ3) is 4.39. The Morgan fingerprint density at radius 2 is 1.94 bits per heavy atom. The molecule has 2 unspecified atom stereocenters. The number of piperidine rings is 1. The predicted octanol–water partition coefficient (Wildman–Crippen LogP) is -1.02. The van der Waals surface area contributed by atoms with Gasteiger partial charge in [-0.25, -0.2) is 0 Å². The number of carbonyl (C=O) groups is 3. The van der Waals surface area contributed by atoms with Crippen molar-refractivity contribution in [1.29, 1.82) is 0 Å². The summed E-state index contributed by atoms with van der Waals surface area (Å²) in [6.45, 7) is 1.72. The maximum atomic E-state index is 10.9. The van der Waals surface area contributed by atoms with E-state index in [0.717, 1.165) is 0 Å². The minimum absolute atomic E-state index is 0.206. The summed E-state index contributed by atoms with van der Waals surface area (Å²) in [6.07, 6.45) is 0.338. The van der Waals surface area contributed by atoms with Gasteiger partial charge in [0, 0.05) is 26.1 Å². The van der Waals surface area contributed by atoms with Crippen molar-refractivity contribution in [3.05, 3.63) is 0 Å². The lowest BCUT2D eigenvalue weighted by Gasteiger charge is -2.35. The van der Waals surface area contributed by atoms with Crippen molar-refractivity contribution in [2.75, 3.05) is 19.6 Å². The van der Waals surface area contributed by atoms with Crippen molar-refractivity contribution in [2.45, 2.75) is 19.4 Å². The van der Waals surface area contributed by atoms with E-state index in [4.69, 9.17) is 10.2 Å². The SMILES string of the molecule is CC(=O)NC1CC(C(=O)O)CN(CC(=O)O)C1. The molecule has 3 N–H and O–H groups in total. The van der Waals surface area contributed by atoms with Crippen LogP contribution < -0.4 is 5.32 Å². The van der Waals surface area contributed by atoms with Crippen molar-refractivity contribution in [2.24, 2.45) is 5.92 Å². The van der Waals surface area contributed by atoms with Crippen LogP contribution in [-0.4, -0.2) is 58.6 Å². The van der Waals surface area contributed by atoms with Gasteiger partial charge in [-0.15, -0.1) is 0 Å². The highest BCUT2D eigenvalue weighted by molar-refractivity contribution is 5.74. The monoisotopic (exact) mass is 244 g/mol. The van der Waals surface area contributed by atoms with E-state index in [-0.39, 0.29) is 25.0 Å². The number of amides is 1. The minimum atomic E-state index is -1.00. The van der Waals surface area contributed by atoms with Gasteiger partial charge in [-0.3, -0.25) is 19.3 Å². The van der Waals surface area contributed by atoms with Gasteiger partial charge in [0.2, 0.25) is 5.91 Å². The van der Waals surface area contributed by atoms with Crippen LogP contribution in [0.25, 0.3) is 0 Å². The Morgan fingerprint density at radius 3 is 2.41 bits per heavy atom. The number of carbonyl (C=O) groups excluding carboxylic acids is 1. The Labute approximate surface area is 98.4 Å². The summed E-state index contributed by atoms with van der Waals surface area (Å²) in [5.74, 6) is -2.84. The van der Waals surface area contributed by atoms with Gasteiger partial charge >= 0.3 is 11.9 Å². The molecule has 17 heavy (non-hydrogen) atoms. The highest BCUT2D eigenvalue weighted by Gasteiger charge is 2.32. The standard InChI is InChI=1S/C10H16N2O5/c1-6(13)11-8-2-7(10(16)17)3-12(4-8)5-9(14)15/h7-8H,2-5H2,1H3,(H,11,13)(H,14,15)(H,16,17). The topological polar surface area (TPSA) is 107 Å². The van der Waals surface area contributed by atoms with Crippen LogP contribution in [0.15, 0.2) is 0 Å². The maximum absolute atomic E-state index is 10.9. The zero-order chi connectivity index (χ0) is 13.0. The van der Waals surface area contributed by atoms with Crippen molar-refractivity contribution in [1.82, 2.24) is 10.2 Å². The number of carboxylic acid groups (broad SMARTS) is 2. The second kappa shape index (κ2) is 5.62. The average molecular weight is 244 g/mol. The zero-order valence-corrected chi connectivity index (χ0v) is 9.55. The molecule has 96 valence electrons. The molecule has 0 radical (unpaired) electrons. The molecule has 0 aromatic heterocycles. The number of likely N-dealkylation sites (tertiary alicyclic amines) is 1. The van der Waals surface area contributed by atoms with Crippen molar-refractivity contribution < 1.29 is 24.6 Å². The molecule has 1 aliphatic rings. The zero-order valence-electron chi connectivity index (χ0n) is 9.55. The molecule has 1 heterocycles. The number of hydrogen-bond acceptors (Lipinski definition) is 4. The van der Waals surface area contributed by atoms with Gasteiger partial charge in [-0.2, -0.15) is 0 Å². The van der Waals surface area contributed by atoms with Gasteiger partial charge < -0.3 is 15.5 Å². The summed E-state index contributed by atoms with van der Waals surface area (Å²) in [5, 5.41) is 20.3. The molecule has 7 nitrogen and oxygen atoms in total. The van der Waals surface area contributed by atoms with E-state index < -0.39 is 17.9 Å². The molecular formula is C10H16N2O5. The van der Waals surface area contributed by atoms with Crippen LogP contribution in [-0.2, 0) is 14.4 Å². The number of aliphatic carboxylic acids is 2. The number of carboxylic acids is 2. The lowest BCUT2D eigenvalue weighted by Crippen LogP contribution is -2.53. The van der Waals surface area contributed by atoms with E-state index in [1.807, 2.05) is 0 Å². The quantitative estimate of drug-likeness (QED) is 0.584. The molecular weight excluding hydrogens is 228 g/mol. The average Bonchev–Trinajstić information content (AvgIpc) is 2.14. The molecule has 0 spiro atoms. The predicted molar refractivity (Wildman–Crippen MR) is 57.4 cm³/mol. The van der Waals surface area contributed by atoms with Crippen LogP contribution in [0.1, 0.15) is 13.3 Å².